The number of aliphatic hydroxyl groups excluding tert-OH is 1. The molecule has 11 heavy (non-hydrogen) atoms. The topological polar surface area (TPSA) is 72.3 Å². The van der Waals surface area contributed by atoms with E-state index in [-0.39, 0.29) is 11.2 Å². The van der Waals surface area contributed by atoms with E-state index in [0.29, 0.717) is 5.57 Å². The number of aliphatic hydroxyl groups is 1. The highest BCUT2D eigenvalue weighted by molar-refractivity contribution is 5.18. The molecule has 0 amide bonds. The van der Waals surface area contributed by atoms with E-state index in [9.17, 15) is 5.11 Å². The Labute approximate surface area is 68.1 Å². The van der Waals surface area contributed by atoms with Crippen molar-refractivity contribution in [2.45, 2.75) is 33.8 Å². The van der Waals surface area contributed by atoms with E-state index in [1.165, 1.54) is 0 Å². The minimum atomic E-state index is -0.569. The van der Waals surface area contributed by atoms with Gasteiger partial charge in [-0.1, -0.05) is 20.8 Å². The van der Waals surface area contributed by atoms with Crippen LogP contribution in [0.1, 0.15) is 27.7 Å². The highest BCUT2D eigenvalue weighted by Gasteiger charge is 2.23. The van der Waals surface area contributed by atoms with E-state index in [2.05, 4.69) is 0 Å². The fraction of sp³-hybridized carbons (Fsp3) is 0.750. The third-order valence-electron chi connectivity index (χ3n) is 1.54. The number of hydrogen-bond donors (Lipinski definition) is 3. The van der Waals surface area contributed by atoms with E-state index >= 15 is 0 Å². The SMILES string of the molecule is CC(O)C(=C(N)N)C(C)(C)C. The summed E-state index contributed by atoms with van der Waals surface area (Å²) >= 11 is 0. The molecule has 0 heterocycles. The van der Waals surface area contributed by atoms with Gasteiger partial charge in [0.2, 0.25) is 0 Å². The predicted octanol–water partition coefficient (Wildman–Crippen LogP) is 0.542. The smallest absolute Gasteiger partial charge is 0.0956 e. The van der Waals surface area contributed by atoms with Gasteiger partial charge in [-0.05, 0) is 12.3 Å². The molecule has 1 atom stereocenters. The van der Waals surface area contributed by atoms with E-state index in [1.807, 2.05) is 20.8 Å². The highest BCUT2D eigenvalue weighted by atomic mass is 16.3. The molecule has 0 saturated carbocycles. The molecule has 0 radical (unpaired) electrons. The van der Waals surface area contributed by atoms with Gasteiger partial charge >= 0.3 is 0 Å². The van der Waals surface area contributed by atoms with Gasteiger partial charge in [0.25, 0.3) is 0 Å². The van der Waals surface area contributed by atoms with Crippen LogP contribution in [-0.4, -0.2) is 11.2 Å². The van der Waals surface area contributed by atoms with Crippen molar-refractivity contribution in [2.75, 3.05) is 0 Å². The maximum atomic E-state index is 9.30. The summed E-state index contributed by atoms with van der Waals surface area (Å²) < 4.78 is 0. The lowest BCUT2D eigenvalue weighted by molar-refractivity contribution is 0.201. The van der Waals surface area contributed by atoms with Crippen LogP contribution in [0.5, 0.6) is 0 Å². The van der Waals surface area contributed by atoms with E-state index in [4.69, 9.17) is 11.5 Å². The summed E-state index contributed by atoms with van der Waals surface area (Å²) in [5, 5.41) is 9.30. The summed E-state index contributed by atoms with van der Waals surface area (Å²) in [6.07, 6.45) is -0.569. The van der Waals surface area contributed by atoms with Gasteiger partial charge in [0.1, 0.15) is 0 Å². The molecule has 0 aromatic rings. The maximum absolute atomic E-state index is 9.30. The molecule has 0 bridgehead atoms. The largest absolute Gasteiger partial charge is 0.389 e. The number of rotatable bonds is 1. The second-order valence-corrected chi connectivity index (χ2v) is 3.79. The first kappa shape index (κ1) is 10.3. The Morgan fingerprint density at radius 3 is 1.64 bits per heavy atom. The molecule has 3 heteroatoms. The number of nitrogens with two attached hydrogens (primary N) is 2. The standard InChI is InChI=1S/C8H18N2O/c1-5(11)6(7(9)10)8(2,3)4/h5,11H,9-10H2,1-4H3. The molecule has 0 spiro atoms. The van der Waals surface area contributed by atoms with Crippen molar-refractivity contribution in [2.24, 2.45) is 16.9 Å². The molecule has 3 nitrogen and oxygen atoms in total. The second kappa shape index (κ2) is 3.13. The second-order valence-electron chi connectivity index (χ2n) is 3.79. The van der Waals surface area contributed by atoms with Crippen LogP contribution in [0.4, 0.5) is 0 Å². The minimum Gasteiger partial charge on any atom is -0.389 e. The summed E-state index contributed by atoms with van der Waals surface area (Å²) in [6, 6.07) is 0. The number of hydrogen-bond acceptors (Lipinski definition) is 3. The van der Waals surface area contributed by atoms with E-state index in [0.717, 1.165) is 0 Å². The Morgan fingerprint density at radius 2 is 1.64 bits per heavy atom. The van der Waals surface area contributed by atoms with Gasteiger partial charge in [-0.3, -0.25) is 0 Å². The molecule has 0 saturated heterocycles. The first-order valence-electron chi connectivity index (χ1n) is 3.70. The lowest BCUT2D eigenvalue weighted by Crippen LogP contribution is -2.27. The quantitative estimate of drug-likeness (QED) is 0.521. The average Bonchev–Trinajstić information content (AvgIpc) is 1.54. The third-order valence-corrected chi connectivity index (χ3v) is 1.54. The Bertz CT molecular complexity index is 161. The Hall–Kier alpha value is -0.700. The molecule has 0 aromatic carbocycles. The lowest BCUT2D eigenvalue weighted by atomic mass is 9.83. The summed E-state index contributed by atoms with van der Waals surface area (Å²) in [5.41, 5.74) is 11.4. The summed E-state index contributed by atoms with van der Waals surface area (Å²) in [7, 11) is 0. The van der Waals surface area contributed by atoms with Crippen LogP contribution >= 0.6 is 0 Å². The normalized spacial score (nSPS) is 14.3. The molecule has 0 aliphatic carbocycles. The Balaban J connectivity index is 4.80. The zero-order valence-corrected chi connectivity index (χ0v) is 7.68. The van der Waals surface area contributed by atoms with Crippen molar-refractivity contribution in [3.63, 3.8) is 0 Å². The van der Waals surface area contributed by atoms with Crippen LogP contribution in [0.2, 0.25) is 0 Å². The van der Waals surface area contributed by atoms with Crippen LogP contribution in [-0.2, 0) is 0 Å². The molecular formula is C8H18N2O. The first-order valence-corrected chi connectivity index (χ1v) is 3.70. The molecule has 66 valence electrons. The summed E-state index contributed by atoms with van der Waals surface area (Å²) in [5.74, 6) is 0.229. The fourth-order valence-corrected chi connectivity index (χ4v) is 1.30. The van der Waals surface area contributed by atoms with Crippen molar-refractivity contribution in [3.05, 3.63) is 11.4 Å². The predicted molar refractivity (Wildman–Crippen MR) is 46.5 cm³/mol. The highest BCUT2D eigenvalue weighted by Crippen LogP contribution is 2.28. The zero-order chi connectivity index (χ0) is 9.23. The molecule has 0 fully saturated rings. The van der Waals surface area contributed by atoms with Crippen molar-refractivity contribution in [3.8, 4) is 0 Å². The Morgan fingerprint density at radius 1 is 1.27 bits per heavy atom. The van der Waals surface area contributed by atoms with Gasteiger partial charge in [-0.2, -0.15) is 0 Å². The van der Waals surface area contributed by atoms with Crippen LogP contribution in [0.25, 0.3) is 0 Å². The van der Waals surface area contributed by atoms with Crippen LogP contribution in [0, 0.1) is 5.41 Å². The van der Waals surface area contributed by atoms with Gasteiger partial charge in [0.15, 0.2) is 0 Å². The monoisotopic (exact) mass is 158 g/mol. The minimum absolute atomic E-state index is 0.160. The van der Waals surface area contributed by atoms with Crippen LogP contribution in [0.15, 0.2) is 11.4 Å². The van der Waals surface area contributed by atoms with Crippen LogP contribution < -0.4 is 11.5 Å². The van der Waals surface area contributed by atoms with Crippen molar-refractivity contribution in [1.82, 2.24) is 0 Å². The summed E-state index contributed by atoms with van der Waals surface area (Å²) in [6.45, 7) is 7.57. The fourth-order valence-electron chi connectivity index (χ4n) is 1.30. The first-order chi connectivity index (χ1) is 4.76. The van der Waals surface area contributed by atoms with Crippen molar-refractivity contribution < 1.29 is 5.11 Å². The van der Waals surface area contributed by atoms with Gasteiger partial charge in [0.05, 0.1) is 11.9 Å². The molecular weight excluding hydrogens is 140 g/mol. The molecule has 0 aliphatic rings. The molecule has 0 aliphatic heterocycles. The average molecular weight is 158 g/mol. The molecule has 0 aromatic heterocycles. The molecule has 0 rings (SSSR count). The van der Waals surface area contributed by atoms with E-state index < -0.39 is 6.10 Å². The molecule has 1 unspecified atom stereocenters. The van der Waals surface area contributed by atoms with Gasteiger partial charge in [-0.15, -0.1) is 0 Å². The van der Waals surface area contributed by atoms with Crippen molar-refractivity contribution >= 4 is 0 Å². The van der Waals surface area contributed by atoms with Crippen LogP contribution in [0.3, 0.4) is 0 Å². The van der Waals surface area contributed by atoms with Crippen molar-refractivity contribution in [1.29, 1.82) is 0 Å². The van der Waals surface area contributed by atoms with Gasteiger partial charge in [-0.25, -0.2) is 0 Å². The zero-order valence-electron chi connectivity index (χ0n) is 7.68. The van der Waals surface area contributed by atoms with E-state index in [1.54, 1.807) is 6.92 Å². The Kier molecular flexibility index (Phi) is 2.93. The lowest BCUT2D eigenvalue weighted by Gasteiger charge is -2.26. The third kappa shape index (κ3) is 2.80. The maximum Gasteiger partial charge on any atom is 0.0956 e. The molecule has 5 N–H and O–H groups in total. The summed E-state index contributed by atoms with van der Waals surface area (Å²) in [4.78, 5) is 0. The van der Waals surface area contributed by atoms with Gasteiger partial charge < -0.3 is 16.6 Å². The van der Waals surface area contributed by atoms with Gasteiger partial charge in [0, 0.05) is 5.57 Å².